The molecule has 0 aliphatic heterocycles. The standard InChI is InChI=1S/C10H13BrFNO3S/c1-16-6-2-5-13-17(14,15)8-3-4-9(11)10(12)7-8/h3-4,7,13H,2,5-6H2,1H3. The zero-order valence-electron chi connectivity index (χ0n) is 9.24. The van der Waals surface area contributed by atoms with Crippen LogP contribution in [-0.2, 0) is 14.8 Å². The summed E-state index contributed by atoms with van der Waals surface area (Å²) >= 11 is 2.96. The van der Waals surface area contributed by atoms with Crippen LogP contribution in [0.15, 0.2) is 27.6 Å². The molecule has 1 aromatic rings. The second-order valence-electron chi connectivity index (χ2n) is 3.32. The van der Waals surface area contributed by atoms with Crippen molar-refractivity contribution in [3.05, 3.63) is 28.5 Å². The highest BCUT2D eigenvalue weighted by Gasteiger charge is 2.14. The van der Waals surface area contributed by atoms with Gasteiger partial charge in [0.25, 0.3) is 0 Å². The number of hydrogen-bond donors (Lipinski definition) is 1. The summed E-state index contributed by atoms with van der Waals surface area (Å²) in [4.78, 5) is -0.0874. The van der Waals surface area contributed by atoms with Crippen LogP contribution in [0.1, 0.15) is 6.42 Å². The van der Waals surface area contributed by atoms with Gasteiger partial charge in [0.15, 0.2) is 0 Å². The minimum Gasteiger partial charge on any atom is -0.385 e. The molecule has 0 saturated carbocycles. The summed E-state index contributed by atoms with van der Waals surface area (Å²) in [5.74, 6) is -0.607. The topological polar surface area (TPSA) is 55.4 Å². The van der Waals surface area contributed by atoms with E-state index in [9.17, 15) is 12.8 Å². The third-order valence-electron chi connectivity index (χ3n) is 2.02. The van der Waals surface area contributed by atoms with E-state index in [0.29, 0.717) is 13.0 Å². The van der Waals surface area contributed by atoms with E-state index in [-0.39, 0.29) is 15.9 Å². The third kappa shape index (κ3) is 4.34. The fraction of sp³-hybridized carbons (Fsp3) is 0.400. The van der Waals surface area contributed by atoms with Crippen LogP contribution in [0, 0.1) is 5.82 Å². The molecule has 0 aromatic heterocycles. The molecule has 4 nitrogen and oxygen atoms in total. The molecule has 0 heterocycles. The Hall–Kier alpha value is -0.500. The number of hydrogen-bond acceptors (Lipinski definition) is 3. The van der Waals surface area contributed by atoms with Gasteiger partial charge in [-0.2, -0.15) is 0 Å². The largest absolute Gasteiger partial charge is 0.385 e. The highest BCUT2D eigenvalue weighted by molar-refractivity contribution is 9.10. The van der Waals surface area contributed by atoms with Crippen molar-refractivity contribution in [2.24, 2.45) is 0 Å². The molecule has 0 aliphatic rings. The highest BCUT2D eigenvalue weighted by Crippen LogP contribution is 2.19. The van der Waals surface area contributed by atoms with Crippen LogP contribution in [0.2, 0.25) is 0 Å². The number of sulfonamides is 1. The molecule has 1 aromatic carbocycles. The number of ether oxygens (including phenoxy) is 1. The van der Waals surface area contributed by atoms with Gasteiger partial charge in [0.05, 0.1) is 9.37 Å². The van der Waals surface area contributed by atoms with Crippen LogP contribution in [0.3, 0.4) is 0 Å². The average Bonchev–Trinajstić information content (AvgIpc) is 2.28. The van der Waals surface area contributed by atoms with Gasteiger partial charge in [-0.15, -0.1) is 0 Å². The van der Waals surface area contributed by atoms with E-state index < -0.39 is 15.8 Å². The van der Waals surface area contributed by atoms with Crippen LogP contribution in [0.4, 0.5) is 4.39 Å². The first-order valence-corrected chi connectivity index (χ1v) is 7.18. The van der Waals surface area contributed by atoms with E-state index in [0.717, 1.165) is 6.07 Å². The van der Waals surface area contributed by atoms with Gasteiger partial charge < -0.3 is 4.74 Å². The fourth-order valence-corrected chi connectivity index (χ4v) is 2.48. The lowest BCUT2D eigenvalue weighted by atomic mass is 10.3. The lowest BCUT2D eigenvalue weighted by molar-refractivity contribution is 0.196. The Morgan fingerprint density at radius 3 is 2.76 bits per heavy atom. The molecule has 1 rings (SSSR count). The summed E-state index contributed by atoms with van der Waals surface area (Å²) in [5, 5.41) is 0. The first-order valence-electron chi connectivity index (χ1n) is 4.91. The normalized spacial score (nSPS) is 11.7. The van der Waals surface area contributed by atoms with Crippen molar-refractivity contribution in [1.29, 1.82) is 0 Å². The number of nitrogens with one attached hydrogen (secondary N) is 1. The predicted molar refractivity (Wildman–Crippen MR) is 65.8 cm³/mol. The van der Waals surface area contributed by atoms with Crippen molar-refractivity contribution in [2.45, 2.75) is 11.3 Å². The Bertz CT molecular complexity index is 478. The van der Waals surface area contributed by atoms with Crippen molar-refractivity contribution in [2.75, 3.05) is 20.3 Å². The SMILES string of the molecule is COCCCNS(=O)(=O)c1ccc(Br)c(F)c1. The summed E-state index contributed by atoms with van der Waals surface area (Å²) in [6, 6.07) is 3.67. The van der Waals surface area contributed by atoms with Crippen LogP contribution in [0.25, 0.3) is 0 Å². The van der Waals surface area contributed by atoms with E-state index in [1.165, 1.54) is 12.1 Å². The van der Waals surface area contributed by atoms with Crippen molar-refractivity contribution in [3.63, 3.8) is 0 Å². The first-order chi connectivity index (χ1) is 7.97. The summed E-state index contributed by atoms with van der Waals surface area (Å²) in [6.45, 7) is 0.727. The average molecular weight is 326 g/mol. The molecule has 7 heteroatoms. The van der Waals surface area contributed by atoms with Gasteiger partial charge in [-0.25, -0.2) is 17.5 Å². The maximum absolute atomic E-state index is 13.2. The van der Waals surface area contributed by atoms with Gasteiger partial charge in [0.1, 0.15) is 5.82 Å². The minimum atomic E-state index is -3.65. The lowest BCUT2D eigenvalue weighted by Crippen LogP contribution is -2.25. The van der Waals surface area contributed by atoms with E-state index in [4.69, 9.17) is 4.74 Å². The Balaban J connectivity index is 2.72. The maximum Gasteiger partial charge on any atom is 0.240 e. The number of methoxy groups -OCH3 is 1. The van der Waals surface area contributed by atoms with Crippen molar-refractivity contribution in [3.8, 4) is 0 Å². The van der Waals surface area contributed by atoms with Crippen LogP contribution in [0.5, 0.6) is 0 Å². The van der Waals surface area contributed by atoms with Gasteiger partial charge in [0.2, 0.25) is 10.0 Å². The highest BCUT2D eigenvalue weighted by atomic mass is 79.9. The molecule has 96 valence electrons. The van der Waals surface area contributed by atoms with Gasteiger partial charge in [-0.3, -0.25) is 0 Å². The van der Waals surface area contributed by atoms with E-state index >= 15 is 0 Å². The third-order valence-corrected chi connectivity index (χ3v) is 4.12. The Kier molecular flexibility index (Phi) is 5.51. The second kappa shape index (κ2) is 6.44. The van der Waals surface area contributed by atoms with Crippen molar-refractivity contribution < 1.29 is 17.5 Å². The van der Waals surface area contributed by atoms with Crippen LogP contribution >= 0.6 is 15.9 Å². The van der Waals surface area contributed by atoms with Gasteiger partial charge in [0, 0.05) is 20.3 Å². The Morgan fingerprint density at radius 2 is 2.18 bits per heavy atom. The summed E-state index contributed by atoms with van der Waals surface area (Å²) in [6.07, 6.45) is 0.564. The smallest absolute Gasteiger partial charge is 0.240 e. The molecule has 0 fully saturated rings. The minimum absolute atomic E-state index is 0.0874. The lowest BCUT2D eigenvalue weighted by Gasteiger charge is -2.06. The van der Waals surface area contributed by atoms with Crippen LogP contribution < -0.4 is 4.72 Å². The maximum atomic E-state index is 13.2. The molecule has 0 unspecified atom stereocenters. The molecule has 0 atom stereocenters. The summed E-state index contributed by atoms with van der Waals surface area (Å²) < 4.78 is 44.0. The van der Waals surface area contributed by atoms with Gasteiger partial charge in [-0.1, -0.05) is 0 Å². The molecule has 0 radical (unpaired) electrons. The van der Waals surface area contributed by atoms with E-state index in [1.54, 1.807) is 7.11 Å². The second-order valence-corrected chi connectivity index (χ2v) is 5.94. The summed E-state index contributed by atoms with van der Waals surface area (Å²) in [7, 11) is -2.11. The molecule has 17 heavy (non-hydrogen) atoms. The molecule has 0 aliphatic carbocycles. The molecular weight excluding hydrogens is 313 g/mol. The number of rotatable bonds is 6. The van der Waals surface area contributed by atoms with Crippen molar-refractivity contribution in [1.82, 2.24) is 4.72 Å². The summed E-state index contributed by atoms with van der Waals surface area (Å²) in [5.41, 5.74) is 0. The molecule has 1 N–H and O–H groups in total. The molecular formula is C10H13BrFNO3S. The van der Waals surface area contributed by atoms with Crippen LogP contribution in [-0.4, -0.2) is 28.7 Å². The Morgan fingerprint density at radius 1 is 1.47 bits per heavy atom. The number of halogens is 2. The van der Waals surface area contributed by atoms with Gasteiger partial charge >= 0.3 is 0 Å². The fourth-order valence-electron chi connectivity index (χ4n) is 1.15. The predicted octanol–water partition coefficient (Wildman–Crippen LogP) is 1.90. The van der Waals surface area contributed by atoms with Crippen molar-refractivity contribution >= 4 is 26.0 Å². The molecule has 0 amide bonds. The molecule has 0 spiro atoms. The first kappa shape index (κ1) is 14.6. The monoisotopic (exact) mass is 325 g/mol. The zero-order valence-corrected chi connectivity index (χ0v) is 11.6. The molecule has 0 saturated heterocycles. The van der Waals surface area contributed by atoms with E-state index in [1.807, 2.05) is 0 Å². The van der Waals surface area contributed by atoms with E-state index in [2.05, 4.69) is 20.7 Å². The Labute approximate surface area is 108 Å². The quantitative estimate of drug-likeness (QED) is 0.813. The molecule has 0 bridgehead atoms. The zero-order chi connectivity index (χ0) is 12.9. The van der Waals surface area contributed by atoms with Gasteiger partial charge in [-0.05, 0) is 40.5 Å². The number of benzene rings is 1.